The van der Waals surface area contributed by atoms with E-state index in [9.17, 15) is 8.42 Å². The fourth-order valence-electron chi connectivity index (χ4n) is 2.92. The summed E-state index contributed by atoms with van der Waals surface area (Å²) in [7, 11) is -3.50. The molecule has 3 aromatic rings. The Kier molecular flexibility index (Phi) is 8.31. The molecule has 0 spiro atoms. The maximum absolute atomic E-state index is 12.8. The maximum atomic E-state index is 12.8. The van der Waals surface area contributed by atoms with E-state index in [2.05, 4.69) is 16.8 Å². The first-order valence-corrected chi connectivity index (χ1v) is 12.8. The Labute approximate surface area is 188 Å². The minimum atomic E-state index is -3.50. The van der Waals surface area contributed by atoms with Gasteiger partial charge in [0.15, 0.2) is 15.0 Å². The van der Waals surface area contributed by atoms with Crippen molar-refractivity contribution in [2.75, 3.05) is 12.4 Å². The third-order valence-corrected chi connectivity index (χ3v) is 7.27. The zero-order valence-corrected chi connectivity index (χ0v) is 19.2. The topological polar surface area (TPSA) is 74.1 Å². The third-order valence-electron chi connectivity index (χ3n) is 4.59. The number of allylic oxidation sites excluding steroid dienone is 1. The van der Waals surface area contributed by atoms with Crippen molar-refractivity contribution >= 4 is 21.6 Å². The molecule has 6 nitrogen and oxygen atoms in total. The smallest absolute Gasteiger partial charge is 0.191 e. The molecular weight excluding hydrogens is 430 g/mol. The van der Waals surface area contributed by atoms with Gasteiger partial charge >= 0.3 is 0 Å². The van der Waals surface area contributed by atoms with Crippen LogP contribution in [0.4, 0.5) is 0 Å². The first-order valence-electron chi connectivity index (χ1n) is 10.1. The number of rotatable bonds is 12. The quantitative estimate of drug-likeness (QED) is 0.223. The molecule has 8 heteroatoms. The van der Waals surface area contributed by atoms with E-state index in [0.717, 1.165) is 29.9 Å². The molecule has 1 heterocycles. The van der Waals surface area contributed by atoms with Crippen molar-refractivity contribution in [1.29, 1.82) is 0 Å². The average Bonchev–Trinajstić information content (AvgIpc) is 3.12. The van der Waals surface area contributed by atoms with Gasteiger partial charge in [0.25, 0.3) is 0 Å². The first kappa shape index (κ1) is 23.1. The summed E-state index contributed by atoms with van der Waals surface area (Å²) in [6.07, 6.45) is 3.60. The van der Waals surface area contributed by atoms with E-state index in [1.807, 2.05) is 41.8 Å². The highest BCUT2D eigenvalue weighted by Gasteiger charge is 2.21. The molecular formula is C23H27N3O3S2. The van der Waals surface area contributed by atoms with Crippen LogP contribution in [0.15, 0.2) is 77.3 Å². The van der Waals surface area contributed by atoms with Crippen LogP contribution in [0, 0.1) is 6.92 Å². The molecule has 0 atom stereocenters. The Hall–Kier alpha value is -2.58. The van der Waals surface area contributed by atoms with Crippen molar-refractivity contribution in [3.63, 3.8) is 0 Å². The van der Waals surface area contributed by atoms with E-state index >= 15 is 0 Å². The number of benzene rings is 2. The van der Waals surface area contributed by atoms with Gasteiger partial charge in [-0.3, -0.25) is 0 Å². The molecule has 0 N–H and O–H groups in total. The summed E-state index contributed by atoms with van der Waals surface area (Å²) in [5, 5.41) is 9.09. The fourth-order valence-corrected chi connectivity index (χ4v) is 5.15. The van der Waals surface area contributed by atoms with Gasteiger partial charge in [0.05, 0.1) is 11.5 Å². The van der Waals surface area contributed by atoms with Gasteiger partial charge in [-0.05, 0) is 44.0 Å². The van der Waals surface area contributed by atoms with Gasteiger partial charge in [-0.2, -0.15) is 0 Å². The fraction of sp³-hybridized carbons (Fsp3) is 0.304. The van der Waals surface area contributed by atoms with Crippen LogP contribution in [0.1, 0.15) is 24.2 Å². The van der Waals surface area contributed by atoms with Gasteiger partial charge in [0, 0.05) is 12.3 Å². The number of thioether (sulfide) groups is 1. The summed E-state index contributed by atoms with van der Waals surface area (Å²) >= 11 is 1.57. The van der Waals surface area contributed by atoms with Gasteiger partial charge in [0.2, 0.25) is 0 Å². The Morgan fingerprint density at radius 2 is 1.81 bits per heavy atom. The summed E-state index contributed by atoms with van der Waals surface area (Å²) in [6.45, 7) is 6.83. The molecule has 0 aliphatic heterocycles. The van der Waals surface area contributed by atoms with Gasteiger partial charge in [0.1, 0.15) is 17.3 Å². The highest BCUT2D eigenvalue weighted by molar-refractivity contribution is 7.99. The number of unbranched alkanes of at least 4 members (excludes halogenated alkanes) is 1. The van der Waals surface area contributed by atoms with Crippen LogP contribution in [0.2, 0.25) is 0 Å². The van der Waals surface area contributed by atoms with E-state index in [4.69, 9.17) is 4.74 Å². The second-order valence-electron chi connectivity index (χ2n) is 7.09. The van der Waals surface area contributed by atoms with Crippen LogP contribution < -0.4 is 4.74 Å². The first-order chi connectivity index (χ1) is 15.0. The lowest BCUT2D eigenvalue weighted by Crippen LogP contribution is -2.11. The highest BCUT2D eigenvalue weighted by atomic mass is 32.2. The number of aryl methyl sites for hydroxylation is 1. The van der Waals surface area contributed by atoms with E-state index in [-0.39, 0.29) is 5.75 Å². The van der Waals surface area contributed by atoms with Crippen LogP contribution in [0.5, 0.6) is 5.75 Å². The van der Waals surface area contributed by atoms with E-state index in [0.29, 0.717) is 29.0 Å². The van der Waals surface area contributed by atoms with Crippen molar-refractivity contribution < 1.29 is 13.2 Å². The molecule has 1 aromatic heterocycles. The number of aromatic nitrogens is 3. The highest BCUT2D eigenvalue weighted by Crippen LogP contribution is 2.22. The molecule has 31 heavy (non-hydrogen) atoms. The molecule has 2 aromatic carbocycles. The van der Waals surface area contributed by atoms with E-state index in [1.165, 1.54) is 0 Å². The summed E-state index contributed by atoms with van der Waals surface area (Å²) in [5.74, 6) is 1.95. The number of nitrogens with zero attached hydrogens (tertiary/aromatic N) is 3. The summed E-state index contributed by atoms with van der Waals surface area (Å²) in [6, 6.07) is 16.6. The number of hydrogen-bond acceptors (Lipinski definition) is 6. The lowest BCUT2D eigenvalue weighted by Gasteiger charge is -2.09. The minimum Gasteiger partial charge on any atom is -0.494 e. The Morgan fingerprint density at radius 1 is 1.06 bits per heavy atom. The average molecular weight is 458 g/mol. The molecule has 164 valence electrons. The number of sulfone groups is 1. The summed E-state index contributed by atoms with van der Waals surface area (Å²) in [4.78, 5) is 0.291. The number of para-hydroxylation sites is 1. The molecule has 3 rings (SSSR count). The van der Waals surface area contributed by atoms with Crippen LogP contribution in [0.3, 0.4) is 0 Å². The summed E-state index contributed by atoms with van der Waals surface area (Å²) in [5.41, 5.74) is 1.02. The molecule has 0 saturated heterocycles. The molecule has 0 fully saturated rings. The molecule has 0 aliphatic rings. The Balaban J connectivity index is 1.55. The largest absolute Gasteiger partial charge is 0.494 e. The van der Waals surface area contributed by atoms with Crippen molar-refractivity contribution in [2.24, 2.45) is 0 Å². The van der Waals surface area contributed by atoms with Crippen LogP contribution in [-0.2, 0) is 22.1 Å². The van der Waals surface area contributed by atoms with Crippen molar-refractivity contribution in [3.8, 4) is 5.75 Å². The lowest BCUT2D eigenvalue weighted by atomic mass is 10.2. The molecule has 0 bridgehead atoms. The van der Waals surface area contributed by atoms with Crippen molar-refractivity contribution in [1.82, 2.24) is 14.8 Å². The van der Waals surface area contributed by atoms with Gasteiger partial charge in [-0.15, -0.1) is 16.8 Å². The predicted octanol–water partition coefficient (Wildman–Crippen LogP) is 4.70. The molecule has 0 amide bonds. The van der Waals surface area contributed by atoms with Gasteiger partial charge < -0.3 is 9.30 Å². The minimum absolute atomic E-state index is 0.192. The molecule has 0 saturated carbocycles. The molecule has 0 unspecified atom stereocenters. The van der Waals surface area contributed by atoms with Crippen LogP contribution in [-0.4, -0.2) is 35.5 Å². The summed E-state index contributed by atoms with van der Waals surface area (Å²) < 4.78 is 33.1. The maximum Gasteiger partial charge on any atom is 0.191 e. The van der Waals surface area contributed by atoms with Gasteiger partial charge in [-0.1, -0.05) is 53.7 Å². The van der Waals surface area contributed by atoms with Crippen molar-refractivity contribution in [2.45, 2.75) is 42.1 Å². The Bertz CT molecular complexity index is 1080. The molecule has 0 aliphatic carbocycles. The van der Waals surface area contributed by atoms with Gasteiger partial charge in [-0.25, -0.2) is 8.42 Å². The second kappa shape index (κ2) is 11.2. The molecule has 0 radical (unpaired) electrons. The van der Waals surface area contributed by atoms with Crippen molar-refractivity contribution in [3.05, 3.63) is 78.6 Å². The SMILES string of the molecule is C=CCn1c(CS(=O)(=O)c2ccc(C)cc2)nnc1SCCCCOc1ccccc1. The third kappa shape index (κ3) is 6.70. The van der Waals surface area contributed by atoms with E-state index < -0.39 is 9.84 Å². The van der Waals surface area contributed by atoms with E-state index in [1.54, 1.807) is 42.1 Å². The van der Waals surface area contributed by atoms with Crippen LogP contribution in [0.25, 0.3) is 0 Å². The monoisotopic (exact) mass is 457 g/mol. The zero-order chi connectivity index (χ0) is 22.1. The predicted molar refractivity (Wildman–Crippen MR) is 124 cm³/mol. The second-order valence-corrected chi connectivity index (χ2v) is 10.1. The Morgan fingerprint density at radius 3 is 2.52 bits per heavy atom. The van der Waals surface area contributed by atoms with Crippen LogP contribution >= 0.6 is 11.8 Å². The number of hydrogen-bond donors (Lipinski definition) is 0. The lowest BCUT2D eigenvalue weighted by molar-refractivity contribution is 0.310. The number of ether oxygens (including phenoxy) is 1. The zero-order valence-electron chi connectivity index (χ0n) is 17.6. The normalized spacial score (nSPS) is 11.4. The standard InChI is InChI=1S/C23H27N3O3S2/c1-3-15-26-22(18-31(27,28)21-13-11-19(2)12-14-21)24-25-23(26)30-17-8-7-16-29-20-9-5-4-6-10-20/h3-6,9-14H,1,7-8,15-18H2,2H3.